The Hall–Kier alpha value is -2.16. The van der Waals surface area contributed by atoms with Gasteiger partial charge in [-0.25, -0.2) is 9.48 Å². The Morgan fingerprint density at radius 2 is 2.15 bits per heavy atom. The van der Waals surface area contributed by atoms with Gasteiger partial charge in [-0.2, -0.15) is 0 Å². The molecule has 2 fully saturated rings. The predicted octanol–water partition coefficient (Wildman–Crippen LogP) is 0.789. The number of carbonyl (C=O) groups is 2. The van der Waals surface area contributed by atoms with Crippen LogP contribution in [-0.2, 0) is 29.2 Å². The Kier molecular flexibility index (Phi) is 5.03. The number of aromatic nitrogens is 3. The standard InChI is InChI=1S/C18H28N6O3/c1-2-7-19-17(26)20-9-14-15-10-27-18(12-24(15)22-21-14)6-8-23(11-18)16(25)13-4-3-5-13/h13H,2-12H2,1H3,(H2,19,20,26). The summed E-state index contributed by atoms with van der Waals surface area (Å²) in [7, 11) is 0. The van der Waals surface area contributed by atoms with Crippen LogP contribution < -0.4 is 10.6 Å². The minimum Gasteiger partial charge on any atom is -0.365 e. The van der Waals surface area contributed by atoms with Crippen molar-refractivity contribution in [2.75, 3.05) is 19.6 Å². The van der Waals surface area contributed by atoms with Crippen LogP contribution in [0.3, 0.4) is 0 Å². The van der Waals surface area contributed by atoms with Crippen LogP contribution in [-0.4, -0.2) is 57.1 Å². The van der Waals surface area contributed by atoms with Gasteiger partial charge in [0.15, 0.2) is 0 Å². The van der Waals surface area contributed by atoms with E-state index in [9.17, 15) is 9.59 Å². The summed E-state index contributed by atoms with van der Waals surface area (Å²) in [4.78, 5) is 26.2. The first-order valence-corrected chi connectivity index (χ1v) is 9.96. The highest BCUT2D eigenvalue weighted by atomic mass is 16.5. The summed E-state index contributed by atoms with van der Waals surface area (Å²) in [5.74, 6) is 0.510. The lowest BCUT2D eigenvalue weighted by Crippen LogP contribution is -2.46. The van der Waals surface area contributed by atoms with Gasteiger partial charge < -0.3 is 20.3 Å². The quantitative estimate of drug-likeness (QED) is 0.791. The molecule has 27 heavy (non-hydrogen) atoms. The van der Waals surface area contributed by atoms with E-state index in [1.165, 1.54) is 6.42 Å². The Bertz CT molecular complexity index is 716. The van der Waals surface area contributed by atoms with E-state index in [0.29, 0.717) is 32.8 Å². The van der Waals surface area contributed by atoms with E-state index in [0.717, 1.165) is 43.6 Å². The van der Waals surface area contributed by atoms with Crippen LogP contribution in [0.2, 0.25) is 0 Å². The smallest absolute Gasteiger partial charge is 0.315 e. The number of rotatable bonds is 5. The molecule has 3 amide bonds. The minimum absolute atomic E-state index is 0.201. The highest BCUT2D eigenvalue weighted by Crippen LogP contribution is 2.35. The van der Waals surface area contributed by atoms with Crippen molar-refractivity contribution in [3.05, 3.63) is 11.4 Å². The molecule has 3 aliphatic rings. The number of hydrogen-bond donors (Lipinski definition) is 2. The average Bonchev–Trinajstić information content (AvgIpc) is 3.21. The molecule has 4 rings (SSSR count). The third-order valence-electron chi connectivity index (χ3n) is 5.91. The van der Waals surface area contributed by atoms with Gasteiger partial charge in [-0.3, -0.25) is 4.79 Å². The van der Waals surface area contributed by atoms with Crippen molar-refractivity contribution in [1.82, 2.24) is 30.5 Å². The summed E-state index contributed by atoms with van der Waals surface area (Å²) < 4.78 is 8.09. The molecule has 9 nitrogen and oxygen atoms in total. The number of hydrogen-bond acceptors (Lipinski definition) is 5. The van der Waals surface area contributed by atoms with Crippen molar-refractivity contribution in [2.45, 2.75) is 64.3 Å². The van der Waals surface area contributed by atoms with Gasteiger partial charge in [0, 0.05) is 19.0 Å². The fourth-order valence-electron chi connectivity index (χ4n) is 3.99. The largest absolute Gasteiger partial charge is 0.365 e. The first-order chi connectivity index (χ1) is 13.1. The van der Waals surface area contributed by atoms with E-state index in [-0.39, 0.29) is 23.5 Å². The van der Waals surface area contributed by atoms with Crippen molar-refractivity contribution in [1.29, 1.82) is 0 Å². The molecule has 1 atom stereocenters. The lowest BCUT2D eigenvalue weighted by atomic mass is 9.84. The molecule has 1 aromatic rings. The zero-order chi connectivity index (χ0) is 18.9. The molecule has 0 aromatic carbocycles. The first-order valence-electron chi connectivity index (χ1n) is 9.96. The van der Waals surface area contributed by atoms with Crippen LogP contribution in [0.4, 0.5) is 4.79 Å². The van der Waals surface area contributed by atoms with Gasteiger partial charge in [-0.05, 0) is 25.7 Å². The maximum Gasteiger partial charge on any atom is 0.315 e. The van der Waals surface area contributed by atoms with Crippen LogP contribution in [0.15, 0.2) is 0 Å². The van der Waals surface area contributed by atoms with Gasteiger partial charge in [-0.1, -0.05) is 18.6 Å². The van der Waals surface area contributed by atoms with Crippen molar-refractivity contribution in [3.8, 4) is 0 Å². The molecule has 1 saturated carbocycles. The van der Waals surface area contributed by atoms with Crippen molar-refractivity contribution in [2.24, 2.45) is 5.92 Å². The predicted molar refractivity (Wildman–Crippen MR) is 96.6 cm³/mol. The van der Waals surface area contributed by atoms with Gasteiger partial charge in [0.25, 0.3) is 0 Å². The minimum atomic E-state index is -0.358. The van der Waals surface area contributed by atoms with Crippen LogP contribution in [0.5, 0.6) is 0 Å². The topological polar surface area (TPSA) is 101 Å². The molecule has 0 radical (unpaired) electrons. The zero-order valence-corrected chi connectivity index (χ0v) is 15.9. The van der Waals surface area contributed by atoms with E-state index in [4.69, 9.17) is 4.74 Å². The SMILES string of the molecule is CCCNC(=O)NCc1nnn2c1COC1(CCN(C(=O)C3CCC3)C1)C2. The number of amides is 3. The van der Waals surface area contributed by atoms with Crippen molar-refractivity contribution in [3.63, 3.8) is 0 Å². The highest BCUT2D eigenvalue weighted by molar-refractivity contribution is 5.80. The number of fused-ring (bicyclic) bond motifs is 1. The number of likely N-dealkylation sites (tertiary alicyclic amines) is 1. The molecule has 9 heteroatoms. The first kappa shape index (κ1) is 18.2. The van der Waals surface area contributed by atoms with Gasteiger partial charge in [0.05, 0.1) is 31.9 Å². The summed E-state index contributed by atoms with van der Waals surface area (Å²) >= 11 is 0. The molecular weight excluding hydrogens is 348 g/mol. The van der Waals surface area contributed by atoms with Crippen LogP contribution in [0.1, 0.15) is 50.4 Å². The number of nitrogens with one attached hydrogen (secondary N) is 2. The maximum atomic E-state index is 12.5. The Morgan fingerprint density at radius 3 is 2.89 bits per heavy atom. The molecule has 1 aliphatic carbocycles. The molecule has 1 aromatic heterocycles. The van der Waals surface area contributed by atoms with Crippen molar-refractivity contribution < 1.29 is 14.3 Å². The lowest BCUT2D eigenvalue weighted by molar-refractivity contribution is -0.140. The molecule has 2 aliphatic heterocycles. The Balaban J connectivity index is 1.35. The van der Waals surface area contributed by atoms with Crippen LogP contribution in [0.25, 0.3) is 0 Å². The van der Waals surface area contributed by atoms with Gasteiger partial charge >= 0.3 is 6.03 Å². The van der Waals surface area contributed by atoms with Crippen LogP contribution in [0, 0.1) is 5.92 Å². The molecule has 0 bridgehead atoms. The second kappa shape index (κ2) is 7.46. The molecular formula is C18H28N6O3. The normalized spacial score (nSPS) is 24.6. The fraction of sp³-hybridized carbons (Fsp3) is 0.778. The number of ether oxygens (including phenoxy) is 1. The summed E-state index contributed by atoms with van der Waals surface area (Å²) in [5, 5.41) is 14.1. The van der Waals surface area contributed by atoms with E-state index in [2.05, 4.69) is 20.9 Å². The van der Waals surface area contributed by atoms with Crippen LogP contribution >= 0.6 is 0 Å². The number of carbonyl (C=O) groups excluding carboxylic acids is 2. The Morgan fingerprint density at radius 1 is 1.30 bits per heavy atom. The third-order valence-corrected chi connectivity index (χ3v) is 5.91. The summed E-state index contributed by atoms with van der Waals surface area (Å²) in [6, 6.07) is -0.201. The lowest BCUT2D eigenvalue weighted by Gasteiger charge is -2.35. The maximum absolute atomic E-state index is 12.5. The second-order valence-corrected chi connectivity index (χ2v) is 7.86. The molecule has 1 saturated heterocycles. The molecule has 2 N–H and O–H groups in total. The van der Waals surface area contributed by atoms with Gasteiger partial charge in [0.1, 0.15) is 11.3 Å². The highest BCUT2D eigenvalue weighted by Gasteiger charge is 2.46. The van der Waals surface area contributed by atoms with E-state index < -0.39 is 0 Å². The molecule has 1 unspecified atom stereocenters. The van der Waals surface area contributed by atoms with Gasteiger partial charge in [-0.15, -0.1) is 5.10 Å². The Labute approximate surface area is 158 Å². The fourth-order valence-corrected chi connectivity index (χ4v) is 3.99. The van der Waals surface area contributed by atoms with Gasteiger partial charge in [0.2, 0.25) is 5.91 Å². The van der Waals surface area contributed by atoms with E-state index >= 15 is 0 Å². The summed E-state index contributed by atoms with van der Waals surface area (Å²) in [5.41, 5.74) is 1.28. The summed E-state index contributed by atoms with van der Waals surface area (Å²) in [6.45, 7) is 5.38. The number of urea groups is 1. The zero-order valence-electron chi connectivity index (χ0n) is 15.9. The average molecular weight is 376 g/mol. The summed E-state index contributed by atoms with van der Waals surface area (Å²) in [6.07, 6.45) is 4.95. The van der Waals surface area contributed by atoms with E-state index in [1.54, 1.807) is 0 Å². The molecule has 3 heterocycles. The third kappa shape index (κ3) is 3.65. The van der Waals surface area contributed by atoms with E-state index in [1.807, 2.05) is 16.5 Å². The monoisotopic (exact) mass is 376 g/mol. The molecule has 1 spiro atoms. The molecule has 148 valence electrons. The second-order valence-electron chi connectivity index (χ2n) is 7.86. The number of nitrogens with zero attached hydrogens (tertiary/aromatic N) is 4. The van der Waals surface area contributed by atoms with Crippen molar-refractivity contribution >= 4 is 11.9 Å².